The molecule has 2 heterocycles. The quantitative estimate of drug-likeness (QED) is 0.0539. The van der Waals surface area contributed by atoms with Crippen molar-refractivity contribution in [3.63, 3.8) is 0 Å². The third kappa shape index (κ3) is 30.6. The van der Waals surface area contributed by atoms with E-state index in [2.05, 4.69) is 52.8 Å². The second-order valence-electron chi connectivity index (χ2n) is 31.2. The highest BCUT2D eigenvalue weighted by atomic mass is 32.2. The van der Waals surface area contributed by atoms with E-state index in [1.54, 1.807) is 119 Å². The van der Waals surface area contributed by atoms with Crippen LogP contribution >= 0.6 is 11.8 Å². The average molecular weight is 1720 g/mol. The fraction of sp³-hybridized carbons (Fsp3) is 0.448. The van der Waals surface area contributed by atoms with Crippen molar-refractivity contribution < 1.29 is 91.7 Å². The summed E-state index contributed by atoms with van der Waals surface area (Å²) < 4.78 is 0. The lowest BCUT2D eigenvalue weighted by molar-refractivity contribution is -0.192. The predicted molar refractivity (Wildman–Crippen MR) is 456 cm³/mol. The normalized spacial score (nSPS) is 22.2. The number of amides is 15. The number of phenolic OH excluding ortho intramolecular Hbond substituents is 2. The third-order valence-corrected chi connectivity index (χ3v) is 21.7. The SMILES string of the molecule is CCCC[C@H]1C(=O)N(C)CC(=O)N[C@@H](C)C(=O)N[C@@H](C(C)C)C(=O)N(C)[C@@H](Cc2ccccc2)C(=O)N[C@@H](Cc2ccc(O)cc2)C(=O)N(C)CC(=O)N[C@@H](Cc2c[nH]c3ccccc23)C(=O)N[C@@H](Cc2ccc(O)cc2)C(=O)N[C@@H](CC(C)C)C(=O)N[C@H](C(=O)NCC(N)=O)CSCC(=O)N[C@@H](C)C(=O)N(C)[C@@H](Cc2ccccc2)C(=O)N1C.O=C=O. The van der Waals surface area contributed by atoms with Gasteiger partial charge >= 0.3 is 6.15 Å². The number of fused-ring (bicyclic) bond motifs is 1. The van der Waals surface area contributed by atoms with E-state index in [1.807, 2.05) is 6.92 Å². The van der Waals surface area contributed by atoms with Crippen LogP contribution < -0.4 is 53.6 Å². The summed E-state index contributed by atoms with van der Waals surface area (Å²) in [7, 11) is 6.78. The minimum Gasteiger partial charge on any atom is -0.508 e. The molecule has 1 aromatic heterocycles. The van der Waals surface area contributed by atoms with Crippen LogP contribution in [0, 0.1) is 11.8 Å². The van der Waals surface area contributed by atoms with Gasteiger partial charge in [-0.15, -0.1) is 11.8 Å². The molecule has 35 nitrogen and oxygen atoms in total. The summed E-state index contributed by atoms with van der Waals surface area (Å²) >= 11 is 0.844. The molecule has 11 atom stereocenters. The Labute approximate surface area is 718 Å². The van der Waals surface area contributed by atoms with Crippen molar-refractivity contribution in [2.24, 2.45) is 17.6 Å². The number of primary amides is 1. The van der Waals surface area contributed by atoms with Crippen LogP contribution in [0.15, 0.2) is 140 Å². The Morgan fingerprint density at radius 1 is 0.496 bits per heavy atom. The van der Waals surface area contributed by atoms with Gasteiger partial charge in [-0.1, -0.05) is 151 Å². The number of nitrogens with two attached hydrogens (primary N) is 1. The van der Waals surface area contributed by atoms with Crippen LogP contribution in [0.5, 0.6) is 11.5 Å². The van der Waals surface area contributed by atoms with Gasteiger partial charge in [0.2, 0.25) is 88.6 Å². The topological polar surface area (TPSA) is 497 Å². The molecule has 0 aliphatic carbocycles. The van der Waals surface area contributed by atoms with E-state index in [0.29, 0.717) is 51.6 Å². The summed E-state index contributed by atoms with van der Waals surface area (Å²) in [6.07, 6.45) is 2.04. The van der Waals surface area contributed by atoms with Crippen LogP contribution in [-0.2, 0) is 114 Å². The number of hydrogen-bond acceptors (Lipinski definition) is 20. The number of aromatic hydroxyl groups is 2. The zero-order valence-corrected chi connectivity index (χ0v) is 72.1. The number of aromatic nitrogens is 1. The number of hydrogen-bond donors (Lipinski definition) is 13. The van der Waals surface area contributed by atoms with E-state index in [4.69, 9.17) is 15.3 Å². The average Bonchev–Trinajstić information content (AvgIpc) is 1.80. The first-order chi connectivity index (χ1) is 58.3. The Kier molecular flexibility index (Phi) is 38.9. The summed E-state index contributed by atoms with van der Waals surface area (Å²) in [4.78, 5) is 243. The Balaban J connectivity index is 0.00000768. The van der Waals surface area contributed by atoms with Gasteiger partial charge in [0.1, 0.15) is 78.0 Å². The molecule has 36 heteroatoms. The number of aromatic amines is 1. The second kappa shape index (κ2) is 48.5. The molecule has 0 saturated carbocycles. The minimum atomic E-state index is -1.57. The molecule has 0 unspecified atom stereocenters. The van der Waals surface area contributed by atoms with Crippen LogP contribution in [0.2, 0.25) is 0 Å². The maximum atomic E-state index is 15.3. The standard InChI is InChI=1S/C86H114N16O17S.CO2/c1-13-14-29-68-84(117)99(9)46-72(106)90-52(6)76(109)97-75(51(4)5)86(119)101(11)69(41-54-23-17-15-18-24-54)81(114)95-66(40-57-32-36-60(104)37-33-57)83(116)98(8)47-73(107)92-65(43-58-44-88-62-28-22-21-27-61(58)62)80(113)94-64(39-56-30-34-59(103)35-31-56)79(112)93-63(38-50(2)3)78(111)96-67(77(110)89-45-71(87)105)48-120-49-74(108)91-53(7)82(115)102(12)70(85(118)100(68)10)42-55-25-19-16-20-26-55;2-1-3/h15-28,30-37,44,50-53,63-70,75,88,103-104H,13-14,29,38-43,45-49H2,1-12H3,(H2,87,105)(H,89,110)(H,90,106)(H,91,108)(H,92,107)(H,93,112)(H,94,113)(H,95,114)(H,96,111)(H,97,109);/t52-,53-,63-,64-,65-,66-,67-,68-,69-,70-,75-;/m0./s1. The van der Waals surface area contributed by atoms with Crippen molar-refractivity contribution in [2.45, 2.75) is 173 Å². The monoisotopic (exact) mass is 1720 g/mol. The van der Waals surface area contributed by atoms with E-state index in [-0.39, 0.29) is 74.3 Å². The van der Waals surface area contributed by atoms with Gasteiger partial charge < -0.3 is 93.3 Å². The van der Waals surface area contributed by atoms with Crippen LogP contribution in [0.3, 0.4) is 0 Å². The molecule has 1 aliphatic heterocycles. The van der Waals surface area contributed by atoms with Crippen molar-refractivity contribution in [3.05, 3.63) is 167 Å². The third-order valence-electron chi connectivity index (χ3n) is 20.6. The highest BCUT2D eigenvalue weighted by Gasteiger charge is 2.41. The first-order valence-electron chi connectivity index (χ1n) is 40.4. The number of unbranched alkanes of at least 4 members (excludes halogenated alkanes) is 1. The molecule has 1 aliphatic rings. The van der Waals surface area contributed by atoms with Gasteiger partial charge in [0.15, 0.2) is 0 Å². The van der Waals surface area contributed by atoms with Crippen molar-refractivity contribution in [3.8, 4) is 11.5 Å². The lowest BCUT2D eigenvalue weighted by Crippen LogP contribution is -2.61. The van der Waals surface area contributed by atoms with E-state index in [9.17, 15) is 53.4 Å². The van der Waals surface area contributed by atoms with Gasteiger partial charge in [-0.05, 0) is 96.7 Å². The number of carbonyl (C=O) groups is 15. The molecule has 7 rings (SSSR count). The first kappa shape index (κ1) is 98.8. The molecule has 0 spiro atoms. The number of para-hydroxylation sites is 1. The van der Waals surface area contributed by atoms with Gasteiger partial charge in [-0.25, -0.2) is 0 Å². The largest absolute Gasteiger partial charge is 0.508 e. The molecule has 1 saturated heterocycles. The summed E-state index contributed by atoms with van der Waals surface area (Å²) in [5, 5.41) is 45.4. The molecule has 123 heavy (non-hydrogen) atoms. The fourth-order valence-electron chi connectivity index (χ4n) is 13.8. The van der Waals surface area contributed by atoms with Gasteiger partial charge in [-0.2, -0.15) is 9.59 Å². The number of nitrogens with one attached hydrogen (secondary N) is 10. The van der Waals surface area contributed by atoms with Gasteiger partial charge in [-0.3, -0.25) is 71.9 Å². The summed E-state index contributed by atoms with van der Waals surface area (Å²) in [5.41, 5.74) is 8.69. The van der Waals surface area contributed by atoms with Gasteiger partial charge in [0, 0.05) is 90.2 Å². The fourth-order valence-corrected chi connectivity index (χ4v) is 14.7. The Morgan fingerprint density at radius 2 is 0.967 bits per heavy atom. The molecule has 1 fully saturated rings. The number of nitrogens with zero attached hydrogens (tertiary/aromatic N) is 5. The van der Waals surface area contributed by atoms with Crippen LogP contribution in [0.4, 0.5) is 0 Å². The van der Waals surface area contributed by atoms with Gasteiger partial charge in [0.05, 0.1) is 25.4 Å². The molecule has 0 bridgehead atoms. The number of carbonyl (C=O) groups excluding carboxylic acids is 17. The molecular weight excluding hydrogens is 1610 g/mol. The van der Waals surface area contributed by atoms with Crippen LogP contribution in [0.25, 0.3) is 10.9 Å². The molecular formula is C87H114N16O19S. The zero-order valence-electron chi connectivity index (χ0n) is 71.2. The Morgan fingerprint density at radius 3 is 1.52 bits per heavy atom. The number of likely N-dealkylation sites (N-methyl/N-ethyl adjacent to an activating group) is 5. The van der Waals surface area contributed by atoms with Crippen LogP contribution in [-0.4, -0.2) is 267 Å². The summed E-state index contributed by atoms with van der Waals surface area (Å²) in [5.74, 6) is -14.3. The summed E-state index contributed by atoms with van der Waals surface area (Å²) in [6, 6.07) is 20.6. The van der Waals surface area contributed by atoms with Crippen molar-refractivity contribution in [1.82, 2.24) is 77.3 Å². The van der Waals surface area contributed by atoms with Crippen LogP contribution in [0.1, 0.15) is 102 Å². The molecule has 662 valence electrons. The lowest BCUT2D eigenvalue weighted by Gasteiger charge is -2.36. The highest BCUT2D eigenvalue weighted by Crippen LogP contribution is 2.24. The maximum Gasteiger partial charge on any atom is 0.373 e. The van der Waals surface area contributed by atoms with Gasteiger partial charge in [0.25, 0.3) is 0 Å². The lowest BCUT2D eigenvalue weighted by atomic mass is 9.98. The highest BCUT2D eigenvalue weighted by molar-refractivity contribution is 8.00. The van der Waals surface area contributed by atoms with Crippen molar-refractivity contribution in [1.29, 1.82) is 0 Å². The number of thioether (sulfide) groups is 1. The molecule has 0 radical (unpaired) electrons. The van der Waals surface area contributed by atoms with Crippen molar-refractivity contribution >= 4 is 117 Å². The molecule has 5 aromatic carbocycles. The number of phenols is 2. The maximum absolute atomic E-state index is 15.3. The number of H-pyrrole nitrogens is 1. The van der Waals surface area contributed by atoms with Crippen molar-refractivity contribution in [2.75, 3.05) is 66.4 Å². The minimum absolute atomic E-state index is 0.0551. The van der Waals surface area contributed by atoms with E-state index >= 15 is 28.8 Å². The summed E-state index contributed by atoms with van der Waals surface area (Å²) in [6.45, 7) is 9.44. The number of rotatable bonds is 19. The molecule has 14 N–H and O–H groups in total. The zero-order chi connectivity index (χ0) is 90.9. The predicted octanol–water partition coefficient (Wildman–Crippen LogP) is 1.07. The Hall–Kier alpha value is -13.0. The Bertz CT molecular complexity index is 4680. The first-order valence-corrected chi connectivity index (χ1v) is 41.5. The molecule has 15 amide bonds. The smallest absolute Gasteiger partial charge is 0.373 e. The second-order valence-corrected chi connectivity index (χ2v) is 32.2. The van der Waals surface area contributed by atoms with E-state index in [1.165, 1.54) is 107 Å². The van der Waals surface area contributed by atoms with E-state index < -0.39 is 186 Å². The number of benzene rings is 5. The van der Waals surface area contributed by atoms with E-state index in [0.717, 1.165) is 26.5 Å². The molecule has 6 aromatic rings.